The van der Waals surface area contributed by atoms with Gasteiger partial charge in [-0.1, -0.05) is 35.9 Å². The van der Waals surface area contributed by atoms with Crippen LogP contribution in [0.4, 0.5) is 5.95 Å². The van der Waals surface area contributed by atoms with Gasteiger partial charge in [0.25, 0.3) is 0 Å². The van der Waals surface area contributed by atoms with Crippen molar-refractivity contribution in [1.29, 1.82) is 0 Å². The molecule has 6 heteroatoms. The van der Waals surface area contributed by atoms with Gasteiger partial charge in [0.15, 0.2) is 11.5 Å². The highest BCUT2D eigenvalue weighted by molar-refractivity contribution is 5.93. The molecule has 0 saturated carbocycles. The van der Waals surface area contributed by atoms with Crippen LogP contribution < -0.4 is 4.90 Å². The predicted octanol–water partition coefficient (Wildman–Crippen LogP) is 3.87. The Morgan fingerprint density at radius 3 is 2.54 bits per heavy atom. The maximum absolute atomic E-state index is 5.94. The Balaban J connectivity index is 1.80. The van der Waals surface area contributed by atoms with Crippen LogP contribution in [0.1, 0.15) is 19.4 Å². The zero-order valence-corrected chi connectivity index (χ0v) is 16.3. The van der Waals surface area contributed by atoms with Crippen LogP contribution in [-0.4, -0.2) is 44.9 Å². The lowest BCUT2D eigenvalue weighted by Gasteiger charge is -2.36. The van der Waals surface area contributed by atoms with Gasteiger partial charge >= 0.3 is 0 Å². The van der Waals surface area contributed by atoms with Gasteiger partial charge in [-0.15, -0.1) is 10.2 Å². The second-order valence-corrected chi connectivity index (χ2v) is 7.64. The van der Waals surface area contributed by atoms with Crippen LogP contribution in [0.5, 0.6) is 0 Å². The fourth-order valence-corrected chi connectivity index (χ4v) is 4.09. The monoisotopic (exact) mass is 373 g/mol. The third kappa shape index (κ3) is 2.81. The van der Waals surface area contributed by atoms with Gasteiger partial charge in [0, 0.05) is 24.0 Å². The van der Waals surface area contributed by atoms with E-state index < -0.39 is 0 Å². The zero-order chi connectivity index (χ0) is 19.3. The molecular weight excluding hydrogens is 350 g/mol. The molecule has 142 valence electrons. The zero-order valence-electron chi connectivity index (χ0n) is 16.3. The maximum Gasteiger partial charge on any atom is 0.213 e. The molecule has 0 radical (unpaired) electrons. The summed E-state index contributed by atoms with van der Waals surface area (Å²) in [6.45, 7) is 7.88. The number of rotatable bonds is 2. The molecule has 0 unspecified atom stereocenters. The standard InChI is InChI=1S/C22H23N5O/c1-14-7-6-8-17(11-14)20-24-25-21-18-9-4-5-10-19(18)23-22(27(20)21)26-12-15(2)28-16(3)13-26/h4-11,15-16H,12-13H2,1-3H3/t15-,16-/m0/s1. The van der Waals surface area contributed by atoms with Gasteiger partial charge in [0.1, 0.15) is 0 Å². The normalized spacial score (nSPS) is 20.2. The first kappa shape index (κ1) is 17.1. The number of aromatic nitrogens is 4. The number of para-hydroxylation sites is 1. The number of hydrogen-bond acceptors (Lipinski definition) is 5. The smallest absolute Gasteiger partial charge is 0.213 e. The fraction of sp³-hybridized carbons (Fsp3) is 0.318. The summed E-state index contributed by atoms with van der Waals surface area (Å²) in [5.41, 5.74) is 4.00. The lowest BCUT2D eigenvalue weighted by atomic mass is 10.1. The second-order valence-electron chi connectivity index (χ2n) is 7.64. The number of fused-ring (bicyclic) bond motifs is 3. The van der Waals surface area contributed by atoms with Crippen molar-refractivity contribution in [2.24, 2.45) is 0 Å². The highest BCUT2D eigenvalue weighted by atomic mass is 16.5. The molecule has 0 bridgehead atoms. The molecule has 28 heavy (non-hydrogen) atoms. The number of aryl methyl sites for hydroxylation is 1. The third-order valence-electron chi connectivity index (χ3n) is 5.21. The molecule has 6 nitrogen and oxygen atoms in total. The highest BCUT2D eigenvalue weighted by Gasteiger charge is 2.27. The van der Waals surface area contributed by atoms with Crippen LogP contribution in [0.2, 0.25) is 0 Å². The average Bonchev–Trinajstić information content (AvgIpc) is 3.12. The molecule has 5 rings (SSSR count). The largest absolute Gasteiger partial charge is 0.372 e. The van der Waals surface area contributed by atoms with Gasteiger partial charge in [-0.05, 0) is 39.0 Å². The van der Waals surface area contributed by atoms with Crippen molar-refractivity contribution in [2.75, 3.05) is 18.0 Å². The molecule has 1 aliphatic heterocycles. The Kier molecular flexibility index (Phi) is 4.02. The molecule has 0 aliphatic carbocycles. The Hall–Kier alpha value is -2.99. The van der Waals surface area contributed by atoms with E-state index in [-0.39, 0.29) is 12.2 Å². The molecule has 1 aliphatic rings. The summed E-state index contributed by atoms with van der Waals surface area (Å²) in [7, 11) is 0. The summed E-state index contributed by atoms with van der Waals surface area (Å²) in [4.78, 5) is 7.32. The van der Waals surface area contributed by atoms with Crippen LogP contribution in [0.3, 0.4) is 0 Å². The summed E-state index contributed by atoms with van der Waals surface area (Å²) in [6, 6.07) is 16.5. The molecule has 0 amide bonds. The SMILES string of the molecule is Cc1cccc(-c2nnc3c4ccccc4nc(N4C[C@H](C)O[C@@H](C)C4)n23)c1. The lowest BCUT2D eigenvalue weighted by molar-refractivity contribution is -0.00576. The molecular formula is C22H23N5O. The Bertz CT molecular complexity index is 1160. The summed E-state index contributed by atoms with van der Waals surface area (Å²) in [6.07, 6.45) is 0.289. The van der Waals surface area contributed by atoms with Crippen LogP contribution in [0.25, 0.3) is 27.9 Å². The van der Waals surface area contributed by atoms with E-state index in [9.17, 15) is 0 Å². The van der Waals surface area contributed by atoms with Crippen molar-refractivity contribution in [1.82, 2.24) is 19.6 Å². The van der Waals surface area contributed by atoms with Gasteiger partial charge in [-0.2, -0.15) is 0 Å². The van der Waals surface area contributed by atoms with E-state index in [1.807, 2.05) is 18.2 Å². The molecule has 2 atom stereocenters. The average molecular weight is 373 g/mol. The summed E-state index contributed by atoms with van der Waals surface area (Å²) in [5, 5.41) is 10.1. The van der Waals surface area contributed by atoms with Gasteiger partial charge in [-0.25, -0.2) is 9.38 Å². The molecule has 2 aromatic heterocycles. The molecule has 4 aromatic rings. The van der Waals surface area contributed by atoms with Crippen LogP contribution in [0, 0.1) is 6.92 Å². The second kappa shape index (κ2) is 6.56. The minimum absolute atomic E-state index is 0.144. The van der Waals surface area contributed by atoms with Crippen molar-refractivity contribution in [3.8, 4) is 11.4 Å². The van der Waals surface area contributed by atoms with E-state index in [1.165, 1.54) is 5.56 Å². The lowest BCUT2D eigenvalue weighted by Crippen LogP contribution is -2.46. The Labute approximate surface area is 163 Å². The first-order valence-electron chi connectivity index (χ1n) is 9.71. The van der Waals surface area contributed by atoms with E-state index in [1.54, 1.807) is 0 Å². The minimum Gasteiger partial charge on any atom is -0.372 e. The Morgan fingerprint density at radius 1 is 0.964 bits per heavy atom. The predicted molar refractivity (Wildman–Crippen MR) is 111 cm³/mol. The van der Waals surface area contributed by atoms with Crippen molar-refractivity contribution in [3.05, 3.63) is 54.1 Å². The first-order valence-corrected chi connectivity index (χ1v) is 9.71. The van der Waals surface area contributed by atoms with Crippen molar-refractivity contribution >= 4 is 22.5 Å². The number of benzene rings is 2. The number of nitrogens with zero attached hydrogens (tertiary/aromatic N) is 5. The highest BCUT2D eigenvalue weighted by Crippen LogP contribution is 2.30. The third-order valence-corrected chi connectivity index (χ3v) is 5.21. The van der Waals surface area contributed by atoms with Crippen LogP contribution >= 0.6 is 0 Å². The van der Waals surface area contributed by atoms with E-state index in [2.05, 4.69) is 70.6 Å². The van der Waals surface area contributed by atoms with E-state index in [0.717, 1.165) is 47.0 Å². The number of anilines is 1. The van der Waals surface area contributed by atoms with E-state index in [4.69, 9.17) is 9.72 Å². The molecule has 3 heterocycles. The molecule has 0 N–H and O–H groups in total. The van der Waals surface area contributed by atoms with Gasteiger partial charge < -0.3 is 9.64 Å². The molecule has 1 saturated heterocycles. The first-order chi connectivity index (χ1) is 13.6. The van der Waals surface area contributed by atoms with Gasteiger partial charge in [0.2, 0.25) is 5.95 Å². The molecule has 0 spiro atoms. The molecule has 2 aromatic carbocycles. The van der Waals surface area contributed by atoms with Crippen LogP contribution in [0.15, 0.2) is 48.5 Å². The molecule has 1 fully saturated rings. The van der Waals surface area contributed by atoms with Crippen molar-refractivity contribution < 1.29 is 4.74 Å². The van der Waals surface area contributed by atoms with Crippen molar-refractivity contribution in [2.45, 2.75) is 33.0 Å². The number of hydrogen-bond donors (Lipinski definition) is 0. The van der Waals surface area contributed by atoms with Crippen LogP contribution in [-0.2, 0) is 4.74 Å². The fourth-order valence-electron chi connectivity index (χ4n) is 4.09. The quantitative estimate of drug-likeness (QED) is 0.534. The van der Waals surface area contributed by atoms with E-state index in [0.29, 0.717) is 0 Å². The topological polar surface area (TPSA) is 55.5 Å². The van der Waals surface area contributed by atoms with Gasteiger partial charge in [0.05, 0.1) is 17.7 Å². The maximum atomic E-state index is 5.94. The number of ether oxygens (including phenoxy) is 1. The van der Waals surface area contributed by atoms with Gasteiger partial charge in [-0.3, -0.25) is 0 Å². The minimum atomic E-state index is 0.144. The summed E-state index contributed by atoms with van der Waals surface area (Å²) >= 11 is 0. The number of morpholine rings is 1. The summed E-state index contributed by atoms with van der Waals surface area (Å²) in [5.74, 6) is 1.69. The summed E-state index contributed by atoms with van der Waals surface area (Å²) < 4.78 is 8.04. The Morgan fingerprint density at radius 2 is 1.75 bits per heavy atom. The van der Waals surface area contributed by atoms with Crippen molar-refractivity contribution in [3.63, 3.8) is 0 Å². The van der Waals surface area contributed by atoms with E-state index >= 15 is 0 Å².